The molecule has 35 heavy (non-hydrogen) atoms. The summed E-state index contributed by atoms with van der Waals surface area (Å²) in [6.07, 6.45) is 0. The first-order chi connectivity index (χ1) is 16.6. The normalized spacial score (nSPS) is 10.3. The zero-order valence-electron chi connectivity index (χ0n) is 17.4. The van der Waals surface area contributed by atoms with Crippen molar-refractivity contribution in [2.24, 2.45) is 0 Å². The zero-order valence-corrected chi connectivity index (χ0v) is 20.6. The lowest BCUT2D eigenvalue weighted by Crippen LogP contribution is -2.19. The summed E-state index contributed by atoms with van der Waals surface area (Å²) in [5.41, 5.74) is -2.19. The number of carbonyl (C=O) groups is 4. The third-order valence-electron chi connectivity index (χ3n) is 4.54. The van der Waals surface area contributed by atoms with E-state index in [9.17, 15) is 34.4 Å². The molecule has 3 aromatic rings. The Hall–Kier alpha value is -3.90. The molecule has 0 aliphatic heterocycles. The first-order valence-electron chi connectivity index (χ1n) is 9.56. The van der Waals surface area contributed by atoms with Crippen molar-refractivity contribution in [3.05, 3.63) is 102 Å². The fourth-order valence-electron chi connectivity index (χ4n) is 2.91. The lowest BCUT2D eigenvalue weighted by atomic mass is 10.1. The fourth-order valence-corrected chi connectivity index (χ4v) is 3.54. The van der Waals surface area contributed by atoms with Crippen molar-refractivity contribution in [2.45, 2.75) is 0 Å². The number of carbonyl (C=O) groups excluding carboxylic acids is 3. The van der Waals surface area contributed by atoms with Gasteiger partial charge in [0.25, 0.3) is 5.69 Å². The highest BCUT2D eigenvalue weighted by atomic mass is 79.9. The minimum atomic E-state index is -1.58. The van der Waals surface area contributed by atoms with Gasteiger partial charge in [0.2, 0.25) is 0 Å². The number of Topliss-reactive ketones (excluding diaryl/α,β-unsaturated/α-hetero) is 1. The standard InChI is InChI=1S/C23H13Br2NO9/c24-13-6-4-12(5-7-13)18(27)11-34-22(30)16-10-14(25)8-9-19(16)35-23(31)20-15(21(28)29)2-1-3-17(20)26(32)33/h1-10H,11H2,(H,28,29). The maximum atomic E-state index is 12.8. The Bertz CT molecular complexity index is 1320. The van der Waals surface area contributed by atoms with E-state index in [0.717, 1.165) is 22.7 Å². The summed E-state index contributed by atoms with van der Waals surface area (Å²) in [6.45, 7) is -0.603. The first-order valence-corrected chi connectivity index (χ1v) is 11.2. The van der Waals surface area contributed by atoms with Crippen molar-refractivity contribution in [3.8, 4) is 5.75 Å². The molecule has 10 nitrogen and oxygen atoms in total. The van der Waals surface area contributed by atoms with Crippen LogP contribution in [-0.4, -0.2) is 40.3 Å². The van der Waals surface area contributed by atoms with Gasteiger partial charge < -0.3 is 14.6 Å². The van der Waals surface area contributed by atoms with Gasteiger partial charge in [0.1, 0.15) is 11.3 Å². The number of ketones is 1. The topological polar surface area (TPSA) is 150 Å². The average Bonchev–Trinajstić information content (AvgIpc) is 2.83. The van der Waals surface area contributed by atoms with Gasteiger partial charge in [-0.1, -0.05) is 50.1 Å². The van der Waals surface area contributed by atoms with E-state index in [-0.39, 0.29) is 11.3 Å². The maximum absolute atomic E-state index is 12.8. The quantitative estimate of drug-likeness (QED) is 0.122. The van der Waals surface area contributed by atoms with E-state index in [1.807, 2.05) is 0 Å². The fraction of sp³-hybridized carbons (Fsp3) is 0.0435. The Morgan fingerprint density at radius 2 is 1.54 bits per heavy atom. The molecule has 0 unspecified atom stereocenters. The van der Waals surface area contributed by atoms with Crippen molar-refractivity contribution in [1.29, 1.82) is 0 Å². The number of rotatable bonds is 8. The van der Waals surface area contributed by atoms with Gasteiger partial charge in [0.15, 0.2) is 18.0 Å². The number of nitrogens with zero attached hydrogens (tertiary/aromatic N) is 1. The summed E-state index contributed by atoms with van der Waals surface area (Å²) in [7, 11) is 0. The Morgan fingerprint density at radius 3 is 2.17 bits per heavy atom. The number of ether oxygens (including phenoxy) is 2. The van der Waals surface area contributed by atoms with Crippen LogP contribution in [0.2, 0.25) is 0 Å². The number of carboxylic acids is 1. The third-order valence-corrected chi connectivity index (χ3v) is 5.56. The molecule has 12 heteroatoms. The van der Waals surface area contributed by atoms with Crippen molar-refractivity contribution >= 4 is 61.2 Å². The highest BCUT2D eigenvalue weighted by Gasteiger charge is 2.30. The Labute approximate surface area is 213 Å². The molecule has 0 saturated heterocycles. The van der Waals surface area contributed by atoms with E-state index in [0.29, 0.717) is 10.0 Å². The molecule has 0 aromatic heterocycles. The van der Waals surface area contributed by atoms with Gasteiger partial charge in [0, 0.05) is 20.6 Å². The van der Waals surface area contributed by atoms with Crippen LogP contribution in [0.3, 0.4) is 0 Å². The van der Waals surface area contributed by atoms with Crippen LogP contribution < -0.4 is 4.74 Å². The second-order valence-corrected chi connectivity index (χ2v) is 8.63. The molecule has 178 valence electrons. The van der Waals surface area contributed by atoms with Crippen LogP contribution in [0.5, 0.6) is 5.75 Å². The average molecular weight is 607 g/mol. The lowest BCUT2D eigenvalue weighted by Gasteiger charge is -2.12. The van der Waals surface area contributed by atoms with Gasteiger partial charge in [0.05, 0.1) is 10.5 Å². The number of nitro benzene ring substituents is 1. The van der Waals surface area contributed by atoms with E-state index >= 15 is 0 Å². The molecule has 0 spiro atoms. The maximum Gasteiger partial charge on any atom is 0.351 e. The van der Waals surface area contributed by atoms with Gasteiger partial charge in [-0.2, -0.15) is 0 Å². The summed E-state index contributed by atoms with van der Waals surface area (Å²) in [5.74, 6) is -4.79. The molecular formula is C23H13Br2NO9. The van der Waals surface area contributed by atoms with E-state index in [4.69, 9.17) is 9.47 Å². The smallest absolute Gasteiger partial charge is 0.351 e. The Kier molecular flexibility index (Phi) is 8.10. The molecule has 3 aromatic carbocycles. The summed E-state index contributed by atoms with van der Waals surface area (Å²) in [4.78, 5) is 59.7. The number of carboxylic acid groups (broad SMARTS) is 1. The highest BCUT2D eigenvalue weighted by molar-refractivity contribution is 9.10. The van der Waals surface area contributed by atoms with Gasteiger partial charge in [-0.05, 0) is 36.4 Å². The predicted octanol–water partition coefficient (Wildman–Crippen LogP) is 5.08. The van der Waals surface area contributed by atoms with Crippen molar-refractivity contribution in [3.63, 3.8) is 0 Å². The van der Waals surface area contributed by atoms with Crippen molar-refractivity contribution < 1.29 is 38.7 Å². The van der Waals surface area contributed by atoms with E-state index in [2.05, 4.69) is 31.9 Å². The molecule has 0 saturated carbocycles. The van der Waals surface area contributed by atoms with Crippen LogP contribution in [0.1, 0.15) is 41.4 Å². The van der Waals surface area contributed by atoms with E-state index < -0.39 is 52.0 Å². The number of hydrogen-bond acceptors (Lipinski definition) is 8. The molecule has 0 atom stereocenters. The van der Waals surface area contributed by atoms with E-state index in [1.54, 1.807) is 24.3 Å². The minimum absolute atomic E-state index is 0.271. The molecule has 0 radical (unpaired) electrons. The van der Waals surface area contributed by atoms with Crippen molar-refractivity contribution in [2.75, 3.05) is 6.61 Å². The molecule has 1 N–H and O–H groups in total. The van der Waals surface area contributed by atoms with Crippen LogP contribution in [0.15, 0.2) is 69.6 Å². The second kappa shape index (κ2) is 11.0. The first kappa shape index (κ1) is 25.7. The largest absolute Gasteiger partial charge is 0.478 e. The van der Waals surface area contributed by atoms with Crippen LogP contribution in [0.4, 0.5) is 5.69 Å². The monoisotopic (exact) mass is 605 g/mol. The molecule has 0 amide bonds. The molecular weight excluding hydrogens is 594 g/mol. The summed E-state index contributed by atoms with van der Waals surface area (Å²) in [6, 6.07) is 13.3. The van der Waals surface area contributed by atoms with Gasteiger partial charge in [-0.15, -0.1) is 0 Å². The summed E-state index contributed by atoms with van der Waals surface area (Å²) >= 11 is 6.42. The number of nitro groups is 1. The summed E-state index contributed by atoms with van der Waals surface area (Å²) < 4.78 is 11.4. The molecule has 0 heterocycles. The predicted molar refractivity (Wildman–Crippen MR) is 128 cm³/mol. The summed E-state index contributed by atoms with van der Waals surface area (Å²) in [5, 5.41) is 20.7. The van der Waals surface area contributed by atoms with Gasteiger partial charge in [-0.3, -0.25) is 14.9 Å². The van der Waals surface area contributed by atoms with Gasteiger partial charge in [-0.25, -0.2) is 14.4 Å². The Morgan fingerprint density at radius 1 is 0.886 bits per heavy atom. The van der Waals surface area contributed by atoms with Gasteiger partial charge >= 0.3 is 17.9 Å². The van der Waals surface area contributed by atoms with Crippen LogP contribution in [0, 0.1) is 10.1 Å². The number of hydrogen-bond donors (Lipinski definition) is 1. The lowest BCUT2D eigenvalue weighted by molar-refractivity contribution is -0.385. The highest BCUT2D eigenvalue weighted by Crippen LogP contribution is 2.28. The molecule has 3 rings (SSSR count). The molecule has 0 aliphatic carbocycles. The zero-order chi connectivity index (χ0) is 25.7. The Balaban J connectivity index is 1.86. The second-order valence-electron chi connectivity index (χ2n) is 6.80. The number of halogens is 2. The van der Waals surface area contributed by atoms with Crippen molar-refractivity contribution in [1.82, 2.24) is 0 Å². The molecule has 0 fully saturated rings. The number of esters is 2. The van der Waals surface area contributed by atoms with Crippen LogP contribution in [-0.2, 0) is 4.74 Å². The minimum Gasteiger partial charge on any atom is -0.478 e. The van der Waals surface area contributed by atoms with Crippen LogP contribution >= 0.6 is 31.9 Å². The SMILES string of the molecule is O=C(COC(=O)c1cc(Br)ccc1OC(=O)c1c(C(=O)O)cccc1[N+](=O)[O-])c1ccc(Br)cc1. The van der Waals surface area contributed by atoms with Crippen LogP contribution in [0.25, 0.3) is 0 Å². The molecule has 0 aliphatic rings. The van der Waals surface area contributed by atoms with E-state index in [1.165, 1.54) is 18.2 Å². The third kappa shape index (κ3) is 6.16. The number of benzene rings is 3. The number of aromatic carboxylic acids is 1. The molecule has 0 bridgehead atoms.